The van der Waals surface area contributed by atoms with Gasteiger partial charge in [-0.05, 0) is 53.9 Å². The zero-order valence-electron chi connectivity index (χ0n) is 24.2. The van der Waals surface area contributed by atoms with Crippen LogP contribution in [0.5, 0.6) is 0 Å². The monoisotopic (exact) mass is 581 g/mol. The van der Waals surface area contributed by atoms with Gasteiger partial charge < -0.3 is 0 Å². The first-order chi connectivity index (χ1) is 20.7. The first kappa shape index (κ1) is 28.5. The van der Waals surface area contributed by atoms with E-state index in [0.717, 1.165) is 0 Å². The van der Waals surface area contributed by atoms with Crippen molar-refractivity contribution < 1.29 is 0 Å². The van der Waals surface area contributed by atoms with Crippen LogP contribution >= 0.6 is 16.0 Å². The third kappa shape index (κ3) is 6.11. The largest absolute Gasteiger partial charge is 0.264 e. The van der Waals surface area contributed by atoms with Crippen LogP contribution in [0, 0.1) is 5.92 Å². The molecular formula is C39H37NP2. The Morgan fingerprint density at radius 3 is 1.38 bits per heavy atom. The van der Waals surface area contributed by atoms with E-state index in [9.17, 15) is 0 Å². The molecule has 0 amide bonds. The number of rotatable bonds is 10. The summed E-state index contributed by atoms with van der Waals surface area (Å²) in [6, 6.07) is 56.0. The molecule has 208 valence electrons. The maximum absolute atomic E-state index is 2.83. The summed E-state index contributed by atoms with van der Waals surface area (Å²) >= 11 is 0. The van der Waals surface area contributed by atoms with Crippen LogP contribution in [0.3, 0.4) is 0 Å². The summed E-state index contributed by atoms with van der Waals surface area (Å²) in [5.41, 5.74) is 1.35. The number of benzene rings is 5. The van der Waals surface area contributed by atoms with Crippen LogP contribution < -0.4 is 21.2 Å². The molecule has 0 aromatic heterocycles. The molecule has 0 saturated carbocycles. The Kier molecular flexibility index (Phi) is 9.22. The fourth-order valence-electron chi connectivity index (χ4n) is 6.03. The minimum Gasteiger partial charge on any atom is -0.264 e. The fourth-order valence-corrected chi connectivity index (χ4v) is 11.4. The Morgan fingerprint density at radius 1 is 0.524 bits per heavy atom. The predicted octanol–water partition coefficient (Wildman–Crippen LogP) is 8.69. The Morgan fingerprint density at radius 2 is 0.929 bits per heavy atom. The molecule has 3 atom stereocenters. The molecule has 1 aliphatic rings. The highest BCUT2D eigenvalue weighted by atomic mass is 31.1. The normalized spacial score (nSPS) is 16.1. The highest BCUT2D eigenvalue weighted by Crippen LogP contribution is 2.54. The van der Waals surface area contributed by atoms with Gasteiger partial charge in [0.05, 0.1) is 0 Å². The zero-order valence-corrected chi connectivity index (χ0v) is 26.0. The lowest BCUT2D eigenvalue weighted by atomic mass is 10.00. The third-order valence-corrected chi connectivity index (χ3v) is 13.4. The Labute approximate surface area is 253 Å². The van der Waals surface area contributed by atoms with Crippen LogP contribution in [-0.2, 0) is 0 Å². The van der Waals surface area contributed by atoms with E-state index in [1.54, 1.807) is 0 Å². The molecule has 3 heteroatoms. The average Bonchev–Trinajstić information content (AvgIpc) is 3.55. The number of hydrogen-bond acceptors (Lipinski definition) is 1. The van der Waals surface area contributed by atoms with Crippen LogP contribution in [0.1, 0.15) is 25.5 Å². The summed E-state index contributed by atoms with van der Waals surface area (Å²) < 4.78 is 2.83. The van der Waals surface area contributed by atoms with Gasteiger partial charge in [-0.15, -0.1) is 0 Å². The first-order valence-corrected chi connectivity index (χ1v) is 17.4. The van der Waals surface area contributed by atoms with Gasteiger partial charge in [-0.25, -0.2) is 0 Å². The molecule has 1 aliphatic carbocycles. The van der Waals surface area contributed by atoms with Gasteiger partial charge in [0.15, 0.2) is 0 Å². The molecule has 0 heterocycles. The standard InChI is InChI=1S/C39H37NP2/c1-31(33-19-8-3-9-20-33)40(42(36-25-14-6-15-26-36)37-27-16-7-17-28-37)32(2)38-29-18-30-39(38)41(34-21-10-4-11-22-34)35-23-12-5-13-24-35/h3-32,38H,1-2H3/t31-,32+,38?/m0/s1. The zero-order chi connectivity index (χ0) is 28.7. The molecule has 5 aromatic rings. The summed E-state index contributed by atoms with van der Waals surface area (Å²) in [5, 5.41) is 7.10. The minimum absolute atomic E-state index is 0.225. The van der Waals surface area contributed by atoms with Crippen LogP contribution in [0.25, 0.3) is 0 Å². The second-order valence-electron chi connectivity index (χ2n) is 10.7. The first-order valence-electron chi connectivity index (χ1n) is 14.7. The van der Waals surface area contributed by atoms with Crippen LogP contribution in [-0.4, -0.2) is 10.7 Å². The van der Waals surface area contributed by atoms with Crippen molar-refractivity contribution in [2.75, 3.05) is 0 Å². The van der Waals surface area contributed by atoms with Crippen molar-refractivity contribution in [2.45, 2.75) is 25.9 Å². The molecule has 0 N–H and O–H groups in total. The SMILES string of the molecule is C[C@H](C1C=CC=C1P(c1ccccc1)c1ccccc1)N([C@@H](C)c1ccccc1)P(c1ccccc1)c1ccccc1. The van der Waals surface area contributed by atoms with Crippen molar-refractivity contribution in [3.63, 3.8) is 0 Å². The van der Waals surface area contributed by atoms with Gasteiger partial charge >= 0.3 is 0 Å². The van der Waals surface area contributed by atoms with Gasteiger partial charge in [-0.2, -0.15) is 0 Å². The van der Waals surface area contributed by atoms with Crippen molar-refractivity contribution in [3.05, 3.63) is 181 Å². The molecule has 0 aliphatic heterocycles. The smallest absolute Gasteiger partial charge is 0.0365 e. The quantitative estimate of drug-likeness (QED) is 0.149. The lowest BCUT2D eigenvalue weighted by Crippen LogP contribution is -2.41. The molecule has 5 aromatic carbocycles. The Bertz CT molecular complexity index is 1520. The molecule has 0 spiro atoms. The van der Waals surface area contributed by atoms with Crippen LogP contribution in [0.2, 0.25) is 0 Å². The molecule has 1 nitrogen and oxygen atoms in total. The van der Waals surface area contributed by atoms with Crippen LogP contribution in [0.4, 0.5) is 0 Å². The van der Waals surface area contributed by atoms with Crippen molar-refractivity contribution in [2.24, 2.45) is 5.92 Å². The number of nitrogens with zero attached hydrogens (tertiary/aromatic N) is 1. The van der Waals surface area contributed by atoms with Gasteiger partial charge in [-0.3, -0.25) is 4.67 Å². The van der Waals surface area contributed by atoms with Gasteiger partial charge in [0.1, 0.15) is 0 Å². The van der Waals surface area contributed by atoms with E-state index in [-0.39, 0.29) is 12.1 Å². The highest BCUT2D eigenvalue weighted by Gasteiger charge is 2.38. The number of allylic oxidation sites excluding steroid dienone is 2. The van der Waals surface area contributed by atoms with Crippen molar-refractivity contribution >= 4 is 37.2 Å². The second kappa shape index (κ2) is 13.6. The lowest BCUT2D eigenvalue weighted by molar-refractivity contribution is 0.270. The maximum atomic E-state index is 2.83. The molecule has 0 saturated heterocycles. The van der Waals surface area contributed by atoms with Crippen molar-refractivity contribution in [1.82, 2.24) is 4.67 Å². The predicted molar refractivity (Wildman–Crippen MR) is 185 cm³/mol. The molecule has 1 unspecified atom stereocenters. The van der Waals surface area contributed by atoms with E-state index < -0.39 is 16.0 Å². The fraction of sp³-hybridized carbons (Fsp3) is 0.128. The Hall–Kier alpha value is -3.60. The molecule has 0 bridgehead atoms. The van der Waals surface area contributed by atoms with E-state index in [1.165, 1.54) is 32.1 Å². The molecule has 42 heavy (non-hydrogen) atoms. The second-order valence-corrected chi connectivity index (χ2v) is 15.0. The van der Waals surface area contributed by atoms with Gasteiger partial charge in [-0.1, -0.05) is 170 Å². The van der Waals surface area contributed by atoms with Gasteiger partial charge in [0.2, 0.25) is 0 Å². The van der Waals surface area contributed by atoms with E-state index in [1.807, 2.05) is 0 Å². The maximum Gasteiger partial charge on any atom is 0.0365 e. The molecule has 0 radical (unpaired) electrons. The third-order valence-electron chi connectivity index (χ3n) is 8.06. The average molecular weight is 582 g/mol. The minimum atomic E-state index is -0.800. The van der Waals surface area contributed by atoms with Crippen molar-refractivity contribution in [3.8, 4) is 0 Å². The van der Waals surface area contributed by atoms with Crippen molar-refractivity contribution in [1.29, 1.82) is 0 Å². The summed E-state index contributed by atoms with van der Waals surface area (Å²) in [5.74, 6) is 0.292. The molecule has 6 rings (SSSR count). The van der Waals surface area contributed by atoms with E-state index in [0.29, 0.717) is 5.92 Å². The lowest BCUT2D eigenvalue weighted by Gasteiger charge is -2.44. The summed E-state index contributed by atoms with van der Waals surface area (Å²) in [6.45, 7) is 4.85. The topological polar surface area (TPSA) is 3.24 Å². The Balaban J connectivity index is 1.47. The van der Waals surface area contributed by atoms with Gasteiger partial charge in [0, 0.05) is 26.1 Å². The van der Waals surface area contributed by atoms with E-state index in [4.69, 9.17) is 0 Å². The highest BCUT2D eigenvalue weighted by molar-refractivity contribution is 7.76. The van der Waals surface area contributed by atoms with E-state index in [2.05, 4.69) is 188 Å². The van der Waals surface area contributed by atoms with Crippen LogP contribution in [0.15, 0.2) is 175 Å². The summed E-state index contributed by atoms with van der Waals surface area (Å²) in [6.07, 6.45) is 7.16. The molecule has 0 fully saturated rings. The van der Waals surface area contributed by atoms with Gasteiger partial charge in [0.25, 0.3) is 0 Å². The summed E-state index contributed by atoms with van der Waals surface area (Å²) in [7, 11) is -1.47. The molecular weight excluding hydrogens is 544 g/mol. The van der Waals surface area contributed by atoms with E-state index >= 15 is 0 Å². The number of hydrogen-bond donors (Lipinski definition) is 0. The summed E-state index contributed by atoms with van der Waals surface area (Å²) in [4.78, 5) is 0.